The summed E-state index contributed by atoms with van der Waals surface area (Å²) in [5.74, 6) is 0. The van der Waals surface area contributed by atoms with Crippen molar-refractivity contribution in [2.24, 2.45) is 0 Å². The van der Waals surface area contributed by atoms with Crippen LogP contribution in [0.1, 0.15) is 17.5 Å². The Hall–Kier alpha value is -1.41. The molecule has 1 aliphatic carbocycles. The van der Waals surface area contributed by atoms with Gasteiger partial charge in [0.1, 0.15) is 0 Å². The van der Waals surface area contributed by atoms with Crippen molar-refractivity contribution in [3.05, 3.63) is 41.5 Å². The Labute approximate surface area is 83.2 Å². The molecule has 0 amide bonds. The predicted molar refractivity (Wildman–Crippen MR) is 54.8 cm³/mol. The summed E-state index contributed by atoms with van der Waals surface area (Å²) in [6.07, 6.45) is 5.50. The molecule has 1 aromatic carbocycles. The van der Waals surface area contributed by atoms with E-state index in [-0.39, 0.29) is 0 Å². The van der Waals surface area contributed by atoms with Crippen molar-refractivity contribution < 1.29 is 9.53 Å². The molecule has 0 bridgehead atoms. The fourth-order valence-electron chi connectivity index (χ4n) is 1.85. The van der Waals surface area contributed by atoms with Gasteiger partial charge in [-0.25, -0.2) is 0 Å². The molecule has 0 saturated heterocycles. The van der Waals surface area contributed by atoms with Gasteiger partial charge < -0.3 is 4.74 Å². The number of ether oxygens (including phenoxy) is 1. The number of rotatable bonds is 2. The second kappa shape index (κ2) is 3.39. The van der Waals surface area contributed by atoms with Crippen LogP contribution < -0.4 is 0 Å². The molecule has 0 heterocycles. The molecule has 0 N–H and O–H groups in total. The van der Waals surface area contributed by atoms with E-state index in [2.05, 4.69) is 0 Å². The van der Waals surface area contributed by atoms with Crippen molar-refractivity contribution >= 4 is 12.4 Å². The summed E-state index contributed by atoms with van der Waals surface area (Å²) < 4.78 is 5.34. The van der Waals surface area contributed by atoms with Crippen LogP contribution in [0.25, 0.3) is 6.08 Å². The number of benzene rings is 1. The molecule has 14 heavy (non-hydrogen) atoms. The summed E-state index contributed by atoms with van der Waals surface area (Å²) in [6.45, 7) is 0. The molecule has 0 aliphatic heterocycles. The second-order valence-corrected chi connectivity index (χ2v) is 3.41. The highest BCUT2D eigenvalue weighted by Gasteiger charge is 2.34. The monoisotopic (exact) mass is 188 g/mol. The zero-order valence-corrected chi connectivity index (χ0v) is 8.07. The first-order valence-corrected chi connectivity index (χ1v) is 4.60. The van der Waals surface area contributed by atoms with E-state index in [1.807, 2.05) is 36.4 Å². The third-order valence-corrected chi connectivity index (χ3v) is 2.69. The van der Waals surface area contributed by atoms with Gasteiger partial charge in [0.2, 0.25) is 0 Å². The van der Waals surface area contributed by atoms with Crippen molar-refractivity contribution in [2.75, 3.05) is 7.11 Å². The van der Waals surface area contributed by atoms with Crippen molar-refractivity contribution in [3.63, 3.8) is 0 Å². The van der Waals surface area contributed by atoms with E-state index in [1.54, 1.807) is 7.11 Å². The van der Waals surface area contributed by atoms with Crippen LogP contribution in [0.15, 0.2) is 30.3 Å². The zero-order valence-electron chi connectivity index (χ0n) is 8.07. The Balaban J connectivity index is 2.60. The molecule has 0 aromatic heterocycles. The number of carbonyl (C=O) groups is 1. The highest BCUT2D eigenvalue weighted by molar-refractivity contribution is 5.73. The molecule has 1 aliphatic rings. The van der Waals surface area contributed by atoms with Crippen LogP contribution in [0.2, 0.25) is 0 Å². The standard InChI is InChI=1S/C12H12O2/c1-14-12(9-13)8-4-6-10-5-2-3-7-11(10)12/h2-7,9H,8H2,1H3. The van der Waals surface area contributed by atoms with Gasteiger partial charge >= 0.3 is 0 Å². The maximum Gasteiger partial charge on any atom is 0.156 e. The van der Waals surface area contributed by atoms with Crippen LogP contribution in [-0.2, 0) is 15.1 Å². The summed E-state index contributed by atoms with van der Waals surface area (Å²) in [7, 11) is 1.57. The van der Waals surface area contributed by atoms with E-state index < -0.39 is 5.60 Å². The molecule has 1 atom stereocenters. The Kier molecular flexibility index (Phi) is 2.22. The molecule has 1 unspecified atom stereocenters. The summed E-state index contributed by atoms with van der Waals surface area (Å²) in [4.78, 5) is 11.1. The van der Waals surface area contributed by atoms with Crippen LogP contribution >= 0.6 is 0 Å². The molecule has 2 rings (SSSR count). The summed E-state index contributed by atoms with van der Waals surface area (Å²) in [6, 6.07) is 7.81. The molecule has 0 saturated carbocycles. The normalized spacial score (nSPS) is 24.4. The molecular formula is C12H12O2. The average molecular weight is 188 g/mol. The van der Waals surface area contributed by atoms with Crippen LogP contribution in [0.3, 0.4) is 0 Å². The van der Waals surface area contributed by atoms with Gasteiger partial charge in [0.25, 0.3) is 0 Å². The predicted octanol–water partition coefficient (Wildman–Crippen LogP) is 2.14. The second-order valence-electron chi connectivity index (χ2n) is 3.41. The van der Waals surface area contributed by atoms with E-state index in [1.165, 1.54) is 0 Å². The van der Waals surface area contributed by atoms with Gasteiger partial charge in [-0.15, -0.1) is 0 Å². The lowest BCUT2D eigenvalue weighted by Gasteiger charge is -2.30. The van der Waals surface area contributed by atoms with Crippen molar-refractivity contribution in [3.8, 4) is 0 Å². The number of fused-ring (bicyclic) bond motifs is 1. The summed E-state index contributed by atoms with van der Waals surface area (Å²) >= 11 is 0. The Morgan fingerprint density at radius 3 is 2.93 bits per heavy atom. The van der Waals surface area contributed by atoms with E-state index in [0.29, 0.717) is 6.42 Å². The van der Waals surface area contributed by atoms with Crippen molar-refractivity contribution in [1.29, 1.82) is 0 Å². The average Bonchev–Trinajstić information content (AvgIpc) is 2.28. The number of carbonyl (C=O) groups excluding carboxylic acids is 1. The molecule has 0 fully saturated rings. The van der Waals surface area contributed by atoms with Gasteiger partial charge in [0.15, 0.2) is 11.9 Å². The van der Waals surface area contributed by atoms with Crippen LogP contribution in [0.4, 0.5) is 0 Å². The summed E-state index contributed by atoms with van der Waals surface area (Å²) in [5.41, 5.74) is 1.25. The van der Waals surface area contributed by atoms with Gasteiger partial charge in [-0.2, -0.15) is 0 Å². The van der Waals surface area contributed by atoms with E-state index in [0.717, 1.165) is 17.4 Å². The highest BCUT2D eigenvalue weighted by Crippen LogP contribution is 2.34. The molecule has 0 spiro atoms. The van der Waals surface area contributed by atoms with E-state index in [4.69, 9.17) is 4.74 Å². The van der Waals surface area contributed by atoms with Gasteiger partial charge in [-0.3, -0.25) is 4.79 Å². The van der Waals surface area contributed by atoms with E-state index >= 15 is 0 Å². The molecular weight excluding hydrogens is 176 g/mol. The first-order valence-electron chi connectivity index (χ1n) is 4.60. The molecule has 2 nitrogen and oxygen atoms in total. The maximum absolute atomic E-state index is 11.1. The number of aldehydes is 1. The van der Waals surface area contributed by atoms with Crippen molar-refractivity contribution in [1.82, 2.24) is 0 Å². The first kappa shape index (κ1) is 9.16. The van der Waals surface area contributed by atoms with E-state index in [9.17, 15) is 4.79 Å². The Bertz CT molecular complexity index is 382. The number of methoxy groups -OCH3 is 1. The molecule has 0 radical (unpaired) electrons. The largest absolute Gasteiger partial charge is 0.366 e. The lowest BCUT2D eigenvalue weighted by molar-refractivity contribution is -0.128. The smallest absolute Gasteiger partial charge is 0.156 e. The Morgan fingerprint density at radius 1 is 1.43 bits per heavy atom. The van der Waals surface area contributed by atoms with Gasteiger partial charge in [0.05, 0.1) is 0 Å². The van der Waals surface area contributed by atoms with Crippen LogP contribution in [0, 0.1) is 0 Å². The minimum absolute atomic E-state index is 0.615. The fourth-order valence-corrected chi connectivity index (χ4v) is 1.85. The molecule has 1 aromatic rings. The number of hydrogen-bond acceptors (Lipinski definition) is 2. The zero-order chi connectivity index (χ0) is 10.0. The quantitative estimate of drug-likeness (QED) is 0.665. The Morgan fingerprint density at radius 2 is 2.21 bits per heavy atom. The number of hydrogen-bond donors (Lipinski definition) is 0. The minimum atomic E-state index is -0.772. The third kappa shape index (κ3) is 1.19. The molecule has 2 heteroatoms. The SMILES string of the molecule is COC1(C=O)CC=Cc2ccccc21. The molecule has 72 valence electrons. The lowest BCUT2D eigenvalue weighted by Crippen LogP contribution is -2.32. The third-order valence-electron chi connectivity index (χ3n) is 2.69. The summed E-state index contributed by atoms with van der Waals surface area (Å²) in [5, 5.41) is 0. The van der Waals surface area contributed by atoms with Gasteiger partial charge in [-0.1, -0.05) is 36.4 Å². The van der Waals surface area contributed by atoms with Gasteiger partial charge in [0, 0.05) is 13.5 Å². The minimum Gasteiger partial charge on any atom is -0.366 e. The lowest BCUT2D eigenvalue weighted by atomic mass is 9.84. The van der Waals surface area contributed by atoms with Crippen LogP contribution in [-0.4, -0.2) is 13.4 Å². The first-order chi connectivity index (χ1) is 6.82. The topological polar surface area (TPSA) is 26.3 Å². The van der Waals surface area contributed by atoms with Crippen LogP contribution in [0.5, 0.6) is 0 Å². The van der Waals surface area contributed by atoms with Crippen molar-refractivity contribution in [2.45, 2.75) is 12.0 Å². The highest BCUT2D eigenvalue weighted by atomic mass is 16.5. The van der Waals surface area contributed by atoms with Gasteiger partial charge in [-0.05, 0) is 11.1 Å². The maximum atomic E-state index is 11.1. The fraction of sp³-hybridized carbons (Fsp3) is 0.250.